The first-order valence-electron chi connectivity index (χ1n) is 6.90. The van der Waals surface area contributed by atoms with E-state index in [1.807, 2.05) is 24.3 Å². The molecule has 1 heterocycles. The van der Waals surface area contributed by atoms with Gasteiger partial charge in [0.1, 0.15) is 0 Å². The van der Waals surface area contributed by atoms with Gasteiger partial charge in [0.2, 0.25) is 0 Å². The number of allylic oxidation sites excluding steroid dienone is 1. The highest BCUT2D eigenvalue weighted by atomic mass is 16.2. The van der Waals surface area contributed by atoms with E-state index in [1.165, 1.54) is 17.3 Å². The Morgan fingerprint density at radius 2 is 1.76 bits per heavy atom. The van der Waals surface area contributed by atoms with E-state index in [2.05, 4.69) is 53.5 Å². The molecule has 0 unspecified atom stereocenters. The minimum absolute atomic E-state index is 0.715. The molecule has 0 atom stereocenters. The monoisotopic (exact) mass is 276 g/mol. The third kappa shape index (κ3) is 2.92. The second-order valence-corrected chi connectivity index (χ2v) is 5.18. The maximum atomic E-state index is 10.6. The Kier molecular flexibility index (Phi) is 3.65. The van der Waals surface area contributed by atoms with Crippen LogP contribution in [-0.2, 0) is 6.54 Å². The molecule has 2 aromatic rings. The highest BCUT2D eigenvalue weighted by Gasteiger charge is 2.10. The molecule has 104 valence electrons. The molecule has 0 saturated carbocycles. The van der Waals surface area contributed by atoms with Gasteiger partial charge in [0, 0.05) is 12.7 Å². The number of nitroso groups, excluding NO2 is 1. The first-order chi connectivity index (χ1) is 10.3. The van der Waals surface area contributed by atoms with Crippen molar-refractivity contribution in [3.8, 4) is 0 Å². The number of aryl methyl sites for hydroxylation is 1. The van der Waals surface area contributed by atoms with E-state index in [9.17, 15) is 4.91 Å². The van der Waals surface area contributed by atoms with Crippen LogP contribution in [0, 0.1) is 11.8 Å². The topological polar surface area (TPSA) is 32.7 Å². The van der Waals surface area contributed by atoms with Crippen LogP contribution in [0.4, 0.5) is 0 Å². The molecule has 21 heavy (non-hydrogen) atoms. The summed E-state index contributed by atoms with van der Waals surface area (Å²) in [6, 6.07) is 16.5. The SMILES string of the molecule is Cc1ccc(CN2C=c3ccccc3=CC2=CN=O)cc1. The molecular formula is C18H16N2O. The van der Waals surface area contributed by atoms with Crippen molar-refractivity contribution in [1.29, 1.82) is 0 Å². The third-order valence-corrected chi connectivity index (χ3v) is 3.58. The molecule has 0 N–H and O–H groups in total. The van der Waals surface area contributed by atoms with Crippen molar-refractivity contribution in [3.63, 3.8) is 0 Å². The molecule has 0 saturated heterocycles. The normalized spacial score (nSPS) is 15.1. The summed E-state index contributed by atoms with van der Waals surface area (Å²) < 4.78 is 0. The summed E-state index contributed by atoms with van der Waals surface area (Å²) in [7, 11) is 0. The second-order valence-electron chi connectivity index (χ2n) is 5.18. The Bertz CT molecular complexity index is 804. The predicted octanol–water partition coefficient (Wildman–Crippen LogP) is 2.64. The van der Waals surface area contributed by atoms with Gasteiger partial charge < -0.3 is 4.90 Å². The number of rotatable bonds is 3. The van der Waals surface area contributed by atoms with Gasteiger partial charge in [-0.1, -0.05) is 54.1 Å². The van der Waals surface area contributed by atoms with Crippen molar-refractivity contribution in [2.24, 2.45) is 5.18 Å². The lowest BCUT2D eigenvalue weighted by molar-refractivity contribution is 0.516. The molecule has 0 spiro atoms. The van der Waals surface area contributed by atoms with Gasteiger partial charge in [-0.15, -0.1) is 4.91 Å². The summed E-state index contributed by atoms with van der Waals surface area (Å²) in [5, 5.41) is 5.18. The van der Waals surface area contributed by atoms with Crippen molar-refractivity contribution in [3.05, 3.63) is 86.9 Å². The quantitative estimate of drug-likeness (QED) is 0.807. The van der Waals surface area contributed by atoms with Crippen LogP contribution in [0.1, 0.15) is 11.1 Å². The maximum Gasteiger partial charge on any atom is 0.0951 e. The van der Waals surface area contributed by atoms with Crippen molar-refractivity contribution < 1.29 is 0 Å². The van der Waals surface area contributed by atoms with Crippen LogP contribution in [0.3, 0.4) is 0 Å². The Balaban J connectivity index is 2.00. The molecule has 0 aromatic heterocycles. The van der Waals surface area contributed by atoms with Gasteiger partial charge in [-0.2, -0.15) is 0 Å². The molecule has 0 amide bonds. The van der Waals surface area contributed by atoms with Gasteiger partial charge in [-0.05, 0) is 34.2 Å². The van der Waals surface area contributed by atoms with Crippen LogP contribution in [0.15, 0.2) is 65.6 Å². The number of fused-ring (bicyclic) bond motifs is 1. The number of hydrogen-bond acceptors (Lipinski definition) is 3. The van der Waals surface area contributed by atoms with Gasteiger partial charge in [-0.3, -0.25) is 0 Å². The summed E-state index contributed by atoms with van der Waals surface area (Å²) in [5.41, 5.74) is 3.24. The number of benzene rings is 2. The lowest BCUT2D eigenvalue weighted by atomic mass is 10.1. The molecule has 0 bridgehead atoms. The highest BCUT2D eigenvalue weighted by Crippen LogP contribution is 2.15. The van der Waals surface area contributed by atoms with E-state index in [1.54, 1.807) is 0 Å². The number of hydrogen-bond donors (Lipinski definition) is 0. The van der Waals surface area contributed by atoms with Crippen LogP contribution in [0.5, 0.6) is 0 Å². The molecular weight excluding hydrogens is 260 g/mol. The summed E-state index contributed by atoms with van der Waals surface area (Å²) in [6.45, 7) is 2.79. The average molecular weight is 276 g/mol. The zero-order chi connectivity index (χ0) is 14.7. The standard InChI is InChI=1S/C18H16N2O/c1-14-6-8-15(9-7-14)12-20-13-17-5-3-2-4-16(17)10-18(20)11-19-21/h2-11,13H,12H2,1H3. The van der Waals surface area contributed by atoms with Crippen LogP contribution in [0.2, 0.25) is 0 Å². The minimum atomic E-state index is 0.715. The maximum absolute atomic E-state index is 10.6. The van der Waals surface area contributed by atoms with E-state index < -0.39 is 0 Å². The second kappa shape index (κ2) is 5.75. The minimum Gasteiger partial charge on any atom is -0.342 e. The van der Waals surface area contributed by atoms with E-state index in [4.69, 9.17) is 0 Å². The van der Waals surface area contributed by atoms with Crippen molar-refractivity contribution in [1.82, 2.24) is 4.90 Å². The molecule has 3 rings (SSSR count). The molecule has 2 aromatic carbocycles. The van der Waals surface area contributed by atoms with Crippen molar-refractivity contribution in [2.45, 2.75) is 13.5 Å². The molecule has 1 aliphatic rings. The fourth-order valence-electron chi connectivity index (χ4n) is 2.44. The number of nitrogens with zero attached hydrogens (tertiary/aromatic N) is 2. The Morgan fingerprint density at radius 1 is 1.05 bits per heavy atom. The van der Waals surface area contributed by atoms with Crippen LogP contribution in [-0.4, -0.2) is 4.90 Å². The first kappa shape index (κ1) is 13.3. The smallest absolute Gasteiger partial charge is 0.0951 e. The van der Waals surface area contributed by atoms with Gasteiger partial charge >= 0.3 is 0 Å². The van der Waals surface area contributed by atoms with Gasteiger partial charge in [0.25, 0.3) is 0 Å². The lowest BCUT2D eigenvalue weighted by Gasteiger charge is -2.23. The molecule has 1 aliphatic heterocycles. The Hall–Kier alpha value is -2.68. The van der Waals surface area contributed by atoms with Crippen molar-refractivity contribution >= 4 is 12.3 Å². The summed E-state index contributed by atoms with van der Waals surface area (Å²) >= 11 is 0. The molecule has 3 heteroatoms. The molecule has 0 fully saturated rings. The Morgan fingerprint density at radius 3 is 2.48 bits per heavy atom. The summed E-state index contributed by atoms with van der Waals surface area (Å²) in [6.07, 6.45) is 5.41. The Labute approximate surface area is 123 Å². The first-order valence-corrected chi connectivity index (χ1v) is 6.90. The predicted molar refractivity (Wildman–Crippen MR) is 85.2 cm³/mol. The zero-order valence-electron chi connectivity index (χ0n) is 11.9. The van der Waals surface area contributed by atoms with E-state index in [0.29, 0.717) is 6.54 Å². The fourth-order valence-corrected chi connectivity index (χ4v) is 2.44. The van der Waals surface area contributed by atoms with Crippen LogP contribution < -0.4 is 10.4 Å². The van der Waals surface area contributed by atoms with Crippen molar-refractivity contribution in [2.75, 3.05) is 0 Å². The van der Waals surface area contributed by atoms with Gasteiger partial charge in [-0.25, -0.2) is 0 Å². The highest BCUT2D eigenvalue weighted by molar-refractivity contribution is 5.54. The molecule has 0 aliphatic carbocycles. The fraction of sp³-hybridized carbons (Fsp3) is 0.111. The molecule has 3 nitrogen and oxygen atoms in total. The van der Waals surface area contributed by atoms with Crippen LogP contribution in [0.25, 0.3) is 12.3 Å². The van der Waals surface area contributed by atoms with E-state index in [-0.39, 0.29) is 0 Å². The van der Waals surface area contributed by atoms with E-state index >= 15 is 0 Å². The van der Waals surface area contributed by atoms with Gasteiger partial charge in [0.15, 0.2) is 0 Å². The van der Waals surface area contributed by atoms with E-state index in [0.717, 1.165) is 16.1 Å². The largest absolute Gasteiger partial charge is 0.342 e. The average Bonchev–Trinajstić information content (AvgIpc) is 2.50. The third-order valence-electron chi connectivity index (χ3n) is 3.58. The lowest BCUT2D eigenvalue weighted by Crippen LogP contribution is -2.33. The zero-order valence-corrected chi connectivity index (χ0v) is 11.9. The van der Waals surface area contributed by atoms with Gasteiger partial charge in [0.05, 0.1) is 11.9 Å². The summed E-state index contributed by atoms with van der Waals surface area (Å²) in [4.78, 5) is 12.7. The molecule has 0 radical (unpaired) electrons. The summed E-state index contributed by atoms with van der Waals surface area (Å²) in [5.74, 6) is 0. The van der Waals surface area contributed by atoms with Crippen LogP contribution >= 0.6 is 0 Å².